The summed E-state index contributed by atoms with van der Waals surface area (Å²) in [4.78, 5) is 14.1. The first-order valence-corrected chi connectivity index (χ1v) is 6.96. The Hall–Kier alpha value is -1.75. The van der Waals surface area contributed by atoms with Gasteiger partial charge in [-0.3, -0.25) is 4.79 Å². The molecule has 1 N–H and O–H groups in total. The van der Waals surface area contributed by atoms with Gasteiger partial charge in [-0.2, -0.15) is 0 Å². The second-order valence-electron chi connectivity index (χ2n) is 5.54. The van der Waals surface area contributed by atoms with Gasteiger partial charge in [0, 0.05) is 19.2 Å². The molecule has 0 unspecified atom stereocenters. The van der Waals surface area contributed by atoms with Gasteiger partial charge in [-0.1, -0.05) is 0 Å². The van der Waals surface area contributed by atoms with E-state index in [9.17, 15) is 9.90 Å². The molecule has 0 spiro atoms. The zero-order valence-corrected chi connectivity index (χ0v) is 11.5. The highest BCUT2D eigenvalue weighted by Gasteiger charge is 2.29. The Balaban J connectivity index is 1.67. The average Bonchev–Trinajstić information content (AvgIpc) is 2.44. The van der Waals surface area contributed by atoms with Crippen molar-refractivity contribution in [2.45, 2.75) is 18.9 Å². The number of hydrogen-bond donors (Lipinski definition) is 1. The van der Waals surface area contributed by atoms with Crippen molar-refractivity contribution in [3.8, 4) is 11.5 Å². The Kier molecular flexibility index (Phi) is 3.53. The summed E-state index contributed by atoms with van der Waals surface area (Å²) < 4.78 is 10.9. The maximum atomic E-state index is 12.4. The van der Waals surface area contributed by atoms with Gasteiger partial charge in [0.2, 0.25) is 0 Å². The molecule has 1 aliphatic heterocycles. The van der Waals surface area contributed by atoms with E-state index in [1.807, 2.05) is 0 Å². The number of amides is 1. The second kappa shape index (κ2) is 5.32. The lowest BCUT2D eigenvalue weighted by Crippen LogP contribution is -2.39. The molecule has 5 heteroatoms. The first kappa shape index (κ1) is 13.2. The largest absolute Gasteiger partial charge is 0.486 e. The van der Waals surface area contributed by atoms with E-state index in [1.165, 1.54) is 0 Å². The van der Waals surface area contributed by atoms with Gasteiger partial charge in [0.05, 0.1) is 6.10 Å². The molecule has 20 heavy (non-hydrogen) atoms. The predicted octanol–water partition coefficient (Wildman–Crippen LogP) is 1.30. The van der Waals surface area contributed by atoms with Gasteiger partial charge < -0.3 is 19.5 Å². The van der Waals surface area contributed by atoms with Crippen molar-refractivity contribution in [3.05, 3.63) is 23.8 Å². The van der Waals surface area contributed by atoms with Crippen molar-refractivity contribution in [1.29, 1.82) is 0 Å². The van der Waals surface area contributed by atoms with Crippen LogP contribution in [0.1, 0.15) is 23.2 Å². The van der Waals surface area contributed by atoms with Gasteiger partial charge in [0.15, 0.2) is 11.5 Å². The predicted molar refractivity (Wildman–Crippen MR) is 73.1 cm³/mol. The van der Waals surface area contributed by atoms with E-state index in [4.69, 9.17) is 9.47 Å². The van der Waals surface area contributed by atoms with Crippen LogP contribution in [0.5, 0.6) is 11.5 Å². The van der Waals surface area contributed by atoms with Crippen molar-refractivity contribution >= 4 is 5.91 Å². The molecular formula is C15H19NO4. The van der Waals surface area contributed by atoms with E-state index in [0.29, 0.717) is 42.7 Å². The van der Waals surface area contributed by atoms with Crippen LogP contribution in [0.3, 0.4) is 0 Å². The molecule has 108 valence electrons. The smallest absolute Gasteiger partial charge is 0.253 e. The molecule has 1 aliphatic carbocycles. The molecule has 2 aliphatic rings. The normalized spacial score (nSPS) is 23.9. The van der Waals surface area contributed by atoms with Crippen LogP contribution in [0.4, 0.5) is 0 Å². The summed E-state index contributed by atoms with van der Waals surface area (Å²) in [6.07, 6.45) is 1.40. The molecule has 3 rings (SSSR count). The standard InChI is InChI=1S/C15H19NO4/c1-16(9-10-6-12(17)7-10)15(18)11-2-3-13-14(8-11)20-5-4-19-13/h2-3,8,10,12,17H,4-7,9H2,1H3. The van der Waals surface area contributed by atoms with Gasteiger partial charge in [0.25, 0.3) is 5.91 Å². The number of benzene rings is 1. The fourth-order valence-electron chi connectivity index (χ4n) is 2.72. The quantitative estimate of drug-likeness (QED) is 0.904. The highest BCUT2D eigenvalue weighted by molar-refractivity contribution is 5.94. The van der Waals surface area contributed by atoms with Gasteiger partial charge in [-0.15, -0.1) is 0 Å². The molecule has 0 radical (unpaired) electrons. The number of fused-ring (bicyclic) bond motifs is 1. The van der Waals surface area contributed by atoms with Crippen molar-refractivity contribution in [1.82, 2.24) is 4.90 Å². The Morgan fingerprint density at radius 1 is 1.30 bits per heavy atom. The van der Waals surface area contributed by atoms with Gasteiger partial charge in [-0.25, -0.2) is 0 Å². The molecule has 1 fully saturated rings. The molecule has 0 saturated heterocycles. The summed E-state index contributed by atoms with van der Waals surface area (Å²) in [5.41, 5.74) is 0.608. The third-order valence-corrected chi connectivity index (χ3v) is 3.88. The number of aliphatic hydroxyl groups is 1. The first-order chi connectivity index (χ1) is 9.63. The van der Waals surface area contributed by atoms with Crippen LogP contribution in [-0.4, -0.2) is 48.8 Å². The van der Waals surface area contributed by atoms with Crippen molar-refractivity contribution in [2.24, 2.45) is 5.92 Å². The Bertz CT molecular complexity index is 511. The molecule has 1 aromatic rings. The minimum Gasteiger partial charge on any atom is -0.486 e. The lowest BCUT2D eigenvalue weighted by molar-refractivity contribution is 0.0265. The maximum Gasteiger partial charge on any atom is 0.253 e. The van der Waals surface area contributed by atoms with Crippen LogP contribution in [0, 0.1) is 5.92 Å². The molecule has 1 aromatic carbocycles. The molecule has 0 atom stereocenters. The highest BCUT2D eigenvalue weighted by Crippen LogP contribution is 2.32. The van der Waals surface area contributed by atoms with E-state index in [2.05, 4.69) is 0 Å². The Morgan fingerprint density at radius 2 is 2.00 bits per heavy atom. The number of carbonyl (C=O) groups is 1. The Morgan fingerprint density at radius 3 is 2.70 bits per heavy atom. The van der Waals surface area contributed by atoms with E-state index in [0.717, 1.165) is 12.8 Å². The van der Waals surface area contributed by atoms with Crippen LogP contribution in [-0.2, 0) is 0 Å². The third-order valence-electron chi connectivity index (χ3n) is 3.88. The zero-order valence-electron chi connectivity index (χ0n) is 11.5. The van der Waals surface area contributed by atoms with E-state index < -0.39 is 0 Å². The lowest BCUT2D eigenvalue weighted by Gasteiger charge is -2.34. The number of carbonyl (C=O) groups excluding carboxylic acids is 1. The van der Waals surface area contributed by atoms with Crippen LogP contribution < -0.4 is 9.47 Å². The minimum absolute atomic E-state index is 0.0247. The number of ether oxygens (including phenoxy) is 2. The topological polar surface area (TPSA) is 59.0 Å². The Labute approximate surface area is 118 Å². The monoisotopic (exact) mass is 277 g/mol. The molecule has 1 heterocycles. The van der Waals surface area contributed by atoms with Gasteiger partial charge in [0.1, 0.15) is 13.2 Å². The van der Waals surface area contributed by atoms with E-state index in [1.54, 1.807) is 30.1 Å². The number of nitrogens with zero attached hydrogens (tertiary/aromatic N) is 1. The first-order valence-electron chi connectivity index (χ1n) is 6.96. The van der Waals surface area contributed by atoms with Gasteiger partial charge >= 0.3 is 0 Å². The van der Waals surface area contributed by atoms with Crippen molar-refractivity contribution < 1.29 is 19.4 Å². The number of rotatable bonds is 3. The summed E-state index contributed by atoms with van der Waals surface area (Å²) in [7, 11) is 1.80. The maximum absolute atomic E-state index is 12.4. The third kappa shape index (κ3) is 2.58. The summed E-state index contributed by atoms with van der Waals surface area (Å²) >= 11 is 0. The summed E-state index contributed by atoms with van der Waals surface area (Å²) in [6.45, 7) is 1.75. The molecule has 5 nitrogen and oxygen atoms in total. The van der Waals surface area contributed by atoms with Gasteiger partial charge in [-0.05, 0) is 37.0 Å². The van der Waals surface area contributed by atoms with Crippen LogP contribution in [0.25, 0.3) is 0 Å². The summed E-state index contributed by atoms with van der Waals surface area (Å²) in [6, 6.07) is 5.29. The van der Waals surface area contributed by atoms with Crippen molar-refractivity contribution in [2.75, 3.05) is 26.8 Å². The fourth-order valence-corrected chi connectivity index (χ4v) is 2.72. The summed E-state index contributed by atoms with van der Waals surface area (Å²) in [5, 5.41) is 9.29. The van der Waals surface area contributed by atoms with E-state index in [-0.39, 0.29) is 12.0 Å². The van der Waals surface area contributed by atoms with Crippen LogP contribution in [0.15, 0.2) is 18.2 Å². The van der Waals surface area contributed by atoms with Crippen molar-refractivity contribution in [3.63, 3.8) is 0 Å². The molecule has 0 aromatic heterocycles. The fraction of sp³-hybridized carbons (Fsp3) is 0.533. The lowest BCUT2D eigenvalue weighted by atomic mass is 9.82. The minimum atomic E-state index is -0.183. The molecule has 1 amide bonds. The highest BCUT2D eigenvalue weighted by atomic mass is 16.6. The van der Waals surface area contributed by atoms with Crippen LogP contribution >= 0.6 is 0 Å². The molecular weight excluding hydrogens is 258 g/mol. The zero-order chi connectivity index (χ0) is 14.1. The summed E-state index contributed by atoms with van der Waals surface area (Å²) in [5.74, 6) is 1.71. The number of hydrogen-bond acceptors (Lipinski definition) is 4. The molecule has 0 bridgehead atoms. The SMILES string of the molecule is CN(CC1CC(O)C1)C(=O)c1ccc2c(c1)OCCO2. The van der Waals surface area contributed by atoms with E-state index >= 15 is 0 Å². The number of aliphatic hydroxyl groups excluding tert-OH is 1. The average molecular weight is 277 g/mol. The molecule has 1 saturated carbocycles. The van der Waals surface area contributed by atoms with Crippen LogP contribution in [0.2, 0.25) is 0 Å². The second-order valence-corrected chi connectivity index (χ2v) is 5.54.